The van der Waals surface area contributed by atoms with Gasteiger partial charge in [0, 0.05) is 5.02 Å². The molecule has 2 N–H and O–H groups in total. The van der Waals surface area contributed by atoms with E-state index >= 15 is 0 Å². The van der Waals surface area contributed by atoms with E-state index in [2.05, 4.69) is 5.32 Å². The van der Waals surface area contributed by atoms with Gasteiger partial charge in [-0.3, -0.25) is 4.79 Å². The summed E-state index contributed by atoms with van der Waals surface area (Å²) in [5.41, 5.74) is 0.763. The van der Waals surface area contributed by atoms with Gasteiger partial charge in [-0.2, -0.15) is 0 Å². The molecular formula is C15H18ClNO3. The molecule has 3 rings (SSSR count). The molecule has 1 aromatic rings. The second-order valence-corrected chi connectivity index (χ2v) is 6.54. The molecule has 108 valence electrons. The van der Waals surface area contributed by atoms with Gasteiger partial charge in [0.1, 0.15) is 5.54 Å². The number of fused-ring (bicyclic) bond motifs is 2. The van der Waals surface area contributed by atoms with Crippen molar-refractivity contribution in [2.24, 2.45) is 0 Å². The van der Waals surface area contributed by atoms with Crippen molar-refractivity contribution in [3.8, 4) is 0 Å². The van der Waals surface area contributed by atoms with Gasteiger partial charge < -0.3 is 15.2 Å². The summed E-state index contributed by atoms with van der Waals surface area (Å²) in [7, 11) is 0. The molecule has 2 heterocycles. The maximum Gasteiger partial charge on any atom is 0.231 e. The van der Waals surface area contributed by atoms with E-state index < -0.39 is 17.1 Å². The third kappa shape index (κ3) is 1.86. The lowest BCUT2D eigenvalue weighted by molar-refractivity contribution is -0.143. The molecule has 2 aliphatic rings. The summed E-state index contributed by atoms with van der Waals surface area (Å²) in [5.74, 6) is -0.0727. The molecule has 5 heteroatoms. The molecule has 0 aromatic heterocycles. The van der Waals surface area contributed by atoms with Crippen LogP contribution in [0.2, 0.25) is 5.02 Å². The summed E-state index contributed by atoms with van der Waals surface area (Å²) in [4.78, 5) is 12.6. The molecule has 1 saturated heterocycles. The van der Waals surface area contributed by atoms with Gasteiger partial charge in [0.25, 0.3) is 0 Å². The van der Waals surface area contributed by atoms with E-state index in [0.717, 1.165) is 11.1 Å². The number of aliphatic hydroxyl groups is 1. The molecule has 1 aromatic carbocycles. The van der Waals surface area contributed by atoms with Crippen LogP contribution in [-0.4, -0.2) is 30.3 Å². The van der Waals surface area contributed by atoms with Gasteiger partial charge in [-0.1, -0.05) is 17.7 Å². The first-order valence-electron chi connectivity index (χ1n) is 6.76. The van der Waals surface area contributed by atoms with E-state index in [4.69, 9.17) is 16.3 Å². The van der Waals surface area contributed by atoms with Gasteiger partial charge in [-0.15, -0.1) is 0 Å². The fourth-order valence-corrected chi connectivity index (χ4v) is 3.43. The highest BCUT2D eigenvalue weighted by Crippen LogP contribution is 2.45. The molecule has 0 bridgehead atoms. The minimum absolute atomic E-state index is 0.0727. The van der Waals surface area contributed by atoms with Crippen LogP contribution in [0.1, 0.15) is 31.4 Å². The highest BCUT2D eigenvalue weighted by molar-refractivity contribution is 6.30. The van der Waals surface area contributed by atoms with Crippen molar-refractivity contribution in [3.05, 3.63) is 34.3 Å². The van der Waals surface area contributed by atoms with Crippen molar-refractivity contribution in [1.29, 1.82) is 0 Å². The molecule has 0 radical (unpaired) electrons. The van der Waals surface area contributed by atoms with Crippen LogP contribution in [0.25, 0.3) is 0 Å². The number of hydrogen-bond acceptors (Lipinski definition) is 3. The number of aliphatic hydroxyl groups excluding tert-OH is 1. The average Bonchev–Trinajstić information content (AvgIpc) is 2.31. The van der Waals surface area contributed by atoms with Gasteiger partial charge in [-0.25, -0.2) is 0 Å². The number of amides is 1. The van der Waals surface area contributed by atoms with E-state index in [-0.39, 0.29) is 5.91 Å². The van der Waals surface area contributed by atoms with Gasteiger partial charge in [0.05, 0.1) is 24.7 Å². The fraction of sp³-hybridized carbons (Fsp3) is 0.533. The van der Waals surface area contributed by atoms with Crippen LogP contribution in [0.15, 0.2) is 18.2 Å². The molecule has 1 spiro atoms. The van der Waals surface area contributed by atoms with Gasteiger partial charge in [0.15, 0.2) is 0 Å². The van der Waals surface area contributed by atoms with E-state index in [1.165, 1.54) is 0 Å². The molecule has 2 unspecified atom stereocenters. The molecule has 4 nitrogen and oxygen atoms in total. The predicted molar refractivity (Wildman–Crippen MR) is 75.7 cm³/mol. The van der Waals surface area contributed by atoms with Crippen molar-refractivity contribution in [2.45, 2.75) is 37.3 Å². The average molecular weight is 296 g/mol. The first-order valence-corrected chi connectivity index (χ1v) is 7.14. The van der Waals surface area contributed by atoms with Crippen LogP contribution in [-0.2, 0) is 20.5 Å². The Morgan fingerprint density at radius 2 is 2.15 bits per heavy atom. The lowest BCUT2D eigenvalue weighted by atomic mass is 9.67. The van der Waals surface area contributed by atoms with Crippen LogP contribution in [0.5, 0.6) is 0 Å². The van der Waals surface area contributed by atoms with Gasteiger partial charge in [0.2, 0.25) is 5.91 Å². The topological polar surface area (TPSA) is 58.6 Å². The Kier molecular flexibility index (Phi) is 3.08. The Labute approximate surface area is 123 Å². The first-order chi connectivity index (χ1) is 9.37. The third-order valence-corrected chi connectivity index (χ3v) is 4.58. The summed E-state index contributed by atoms with van der Waals surface area (Å²) >= 11 is 6.12. The Balaban J connectivity index is 2.17. The number of carbonyl (C=O) groups is 1. The second-order valence-electron chi connectivity index (χ2n) is 6.10. The largest absolute Gasteiger partial charge is 0.393 e. The maximum atomic E-state index is 12.6. The van der Waals surface area contributed by atoms with Crippen molar-refractivity contribution < 1.29 is 14.6 Å². The summed E-state index contributed by atoms with van der Waals surface area (Å²) in [5, 5.41) is 13.4. The minimum Gasteiger partial charge on any atom is -0.393 e. The lowest BCUT2D eigenvalue weighted by Crippen LogP contribution is -2.66. The highest BCUT2D eigenvalue weighted by Gasteiger charge is 2.53. The zero-order valence-corrected chi connectivity index (χ0v) is 12.3. The van der Waals surface area contributed by atoms with Crippen LogP contribution in [0.4, 0.5) is 0 Å². The maximum absolute atomic E-state index is 12.6. The fourth-order valence-electron chi connectivity index (χ4n) is 3.26. The number of rotatable bonds is 2. The minimum atomic E-state index is -0.769. The third-order valence-electron chi connectivity index (χ3n) is 4.35. The van der Waals surface area contributed by atoms with Crippen molar-refractivity contribution in [2.75, 3.05) is 13.2 Å². The van der Waals surface area contributed by atoms with Gasteiger partial charge in [-0.05, 0) is 43.5 Å². The highest BCUT2D eigenvalue weighted by atomic mass is 35.5. The number of ether oxygens (including phenoxy) is 1. The number of nitrogens with one attached hydrogen (secondary N) is 1. The molecule has 20 heavy (non-hydrogen) atoms. The van der Waals surface area contributed by atoms with E-state index in [9.17, 15) is 9.90 Å². The number of hydrogen-bond donors (Lipinski definition) is 2. The zero-order chi connectivity index (χ0) is 14.5. The molecule has 1 amide bonds. The Morgan fingerprint density at radius 1 is 1.45 bits per heavy atom. The van der Waals surface area contributed by atoms with Gasteiger partial charge >= 0.3 is 0 Å². The number of benzene rings is 1. The van der Waals surface area contributed by atoms with Crippen molar-refractivity contribution in [1.82, 2.24) is 5.32 Å². The number of halogens is 1. The van der Waals surface area contributed by atoms with E-state index in [0.29, 0.717) is 24.7 Å². The summed E-state index contributed by atoms with van der Waals surface area (Å²) < 4.78 is 5.30. The van der Waals surface area contributed by atoms with E-state index in [1.807, 2.05) is 25.1 Å². The van der Waals surface area contributed by atoms with Crippen LogP contribution < -0.4 is 5.32 Å². The monoisotopic (exact) mass is 295 g/mol. The summed E-state index contributed by atoms with van der Waals surface area (Å²) in [6.45, 7) is 4.52. The molecule has 0 aliphatic carbocycles. The number of carbonyl (C=O) groups excluding carboxylic acids is 1. The zero-order valence-electron chi connectivity index (χ0n) is 11.6. The Hall–Kier alpha value is -1.10. The standard InChI is InChI=1S/C15H18ClNO3/c1-9(18)6-14(2)12-5-10(16)3-4-11(12)15(7-20-8-15)17-13(14)19/h3-5,9,18H,6-8H2,1-2H3,(H,17,19). The summed E-state index contributed by atoms with van der Waals surface area (Å²) in [6, 6.07) is 5.64. The molecular weight excluding hydrogens is 278 g/mol. The second kappa shape index (κ2) is 4.45. The van der Waals surface area contributed by atoms with Crippen LogP contribution >= 0.6 is 11.6 Å². The molecule has 2 aliphatic heterocycles. The Bertz CT molecular complexity index is 568. The van der Waals surface area contributed by atoms with E-state index in [1.54, 1.807) is 6.92 Å². The molecule has 0 saturated carbocycles. The van der Waals surface area contributed by atoms with Crippen molar-refractivity contribution >= 4 is 17.5 Å². The smallest absolute Gasteiger partial charge is 0.231 e. The quantitative estimate of drug-likeness (QED) is 0.873. The predicted octanol–water partition coefficient (Wildman–Crippen LogP) is 1.72. The van der Waals surface area contributed by atoms with Crippen molar-refractivity contribution in [3.63, 3.8) is 0 Å². The first kappa shape index (κ1) is 13.9. The van der Waals surface area contributed by atoms with Crippen LogP contribution in [0, 0.1) is 0 Å². The lowest BCUT2D eigenvalue weighted by Gasteiger charge is -2.51. The SMILES string of the molecule is CC(O)CC1(C)C(=O)NC2(COC2)c2ccc(Cl)cc21. The Morgan fingerprint density at radius 3 is 2.70 bits per heavy atom. The summed E-state index contributed by atoms with van der Waals surface area (Å²) in [6.07, 6.45) is -0.201. The molecule has 1 fully saturated rings. The molecule has 2 atom stereocenters. The normalized spacial score (nSPS) is 28.5. The van der Waals surface area contributed by atoms with Crippen LogP contribution in [0.3, 0.4) is 0 Å².